The summed E-state index contributed by atoms with van der Waals surface area (Å²) in [4.78, 5) is 23.9. The highest BCUT2D eigenvalue weighted by Gasteiger charge is 2.13. The maximum atomic E-state index is 12.0. The lowest BCUT2D eigenvalue weighted by Gasteiger charge is -2.01. The zero-order valence-electron chi connectivity index (χ0n) is 12.3. The van der Waals surface area contributed by atoms with Crippen LogP contribution in [0.2, 0.25) is 0 Å². The molecule has 0 radical (unpaired) electrons. The fourth-order valence-corrected chi connectivity index (χ4v) is 2.21. The van der Waals surface area contributed by atoms with Gasteiger partial charge in [0, 0.05) is 11.6 Å². The van der Waals surface area contributed by atoms with Crippen LogP contribution in [-0.4, -0.2) is 21.9 Å². The second kappa shape index (κ2) is 6.70. The molecule has 0 aliphatic heterocycles. The highest BCUT2D eigenvalue weighted by molar-refractivity contribution is 6.10. The Morgan fingerprint density at radius 1 is 0.957 bits per heavy atom. The number of nitrogens with zero attached hydrogens (tertiary/aromatic N) is 1. The number of ketones is 1. The second-order valence-corrected chi connectivity index (χ2v) is 5.05. The van der Waals surface area contributed by atoms with Gasteiger partial charge in [-0.15, -0.1) is 0 Å². The summed E-state index contributed by atoms with van der Waals surface area (Å²) < 4.78 is 0. The molecule has 5 heteroatoms. The van der Waals surface area contributed by atoms with Gasteiger partial charge in [-0.3, -0.25) is 14.7 Å². The summed E-state index contributed by atoms with van der Waals surface area (Å²) in [5, 5.41) is 9.54. The van der Waals surface area contributed by atoms with E-state index in [-0.39, 0.29) is 18.1 Å². The van der Waals surface area contributed by atoms with E-state index < -0.39 is 0 Å². The molecule has 3 aromatic rings. The molecule has 2 aromatic carbocycles. The Hall–Kier alpha value is -3.21. The molecule has 1 amide bonds. The Morgan fingerprint density at radius 3 is 2.30 bits per heavy atom. The summed E-state index contributed by atoms with van der Waals surface area (Å²) in [6.45, 7) is 0. The predicted octanol–water partition coefficient (Wildman–Crippen LogP) is 3.29. The molecule has 1 aromatic heterocycles. The lowest BCUT2D eigenvalue weighted by molar-refractivity contribution is -0.115. The Balaban J connectivity index is 1.63. The third-order valence-electron chi connectivity index (χ3n) is 3.35. The van der Waals surface area contributed by atoms with Gasteiger partial charge < -0.3 is 5.32 Å². The van der Waals surface area contributed by atoms with Crippen molar-refractivity contribution in [3.8, 4) is 11.3 Å². The van der Waals surface area contributed by atoms with E-state index in [0.29, 0.717) is 11.4 Å². The fraction of sp³-hybridized carbons (Fsp3) is 0.0556. The number of Topliss-reactive ketones (excluding diaryl/α,β-unsaturated/α-hetero) is 1. The SMILES string of the molecule is O=C(CC(=O)c1ccccc1)Nc1cc(-c2ccccc2)[nH]n1. The van der Waals surface area contributed by atoms with Gasteiger partial charge in [0.05, 0.1) is 12.1 Å². The number of amides is 1. The van der Waals surface area contributed by atoms with Crippen molar-refractivity contribution in [3.63, 3.8) is 0 Å². The Kier molecular flexibility index (Phi) is 4.29. The average molecular weight is 305 g/mol. The van der Waals surface area contributed by atoms with Crippen LogP contribution in [0.15, 0.2) is 66.7 Å². The van der Waals surface area contributed by atoms with Crippen molar-refractivity contribution in [2.24, 2.45) is 0 Å². The van der Waals surface area contributed by atoms with Crippen LogP contribution in [0, 0.1) is 0 Å². The molecule has 0 atom stereocenters. The molecular formula is C18H15N3O2. The van der Waals surface area contributed by atoms with Gasteiger partial charge in [-0.2, -0.15) is 5.10 Å². The zero-order valence-corrected chi connectivity index (χ0v) is 12.3. The highest BCUT2D eigenvalue weighted by Crippen LogP contribution is 2.19. The van der Waals surface area contributed by atoms with Crippen molar-refractivity contribution in [1.29, 1.82) is 0 Å². The van der Waals surface area contributed by atoms with Gasteiger partial charge in [0.1, 0.15) is 0 Å². The van der Waals surface area contributed by atoms with Crippen molar-refractivity contribution in [3.05, 3.63) is 72.3 Å². The van der Waals surface area contributed by atoms with Crippen LogP contribution in [0.1, 0.15) is 16.8 Å². The Labute approximate surface area is 133 Å². The molecule has 23 heavy (non-hydrogen) atoms. The number of aromatic nitrogens is 2. The van der Waals surface area contributed by atoms with E-state index in [9.17, 15) is 9.59 Å². The molecule has 5 nitrogen and oxygen atoms in total. The first-order chi connectivity index (χ1) is 11.2. The first kappa shape index (κ1) is 14.7. The number of carbonyl (C=O) groups is 2. The van der Waals surface area contributed by atoms with Gasteiger partial charge in [-0.1, -0.05) is 60.7 Å². The average Bonchev–Trinajstić information content (AvgIpc) is 3.04. The van der Waals surface area contributed by atoms with Crippen molar-refractivity contribution >= 4 is 17.5 Å². The number of hydrogen-bond acceptors (Lipinski definition) is 3. The molecule has 0 saturated carbocycles. The van der Waals surface area contributed by atoms with E-state index >= 15 is 0 Å². The molecule has 0 bridgehead atoms. The minimum absolute atomic E-state index is 0.211. The molecular weight excluding hydrogens is 290 g/mol. The van der Waals surface area contributed by atoms with Crippen LogP contribution in [0.3, 0.4) is 0 Å². The molecule has 1 heterocycles. The summed E-state index contributed by atoms with van der Waals surface area (Å²) >= 11 is 0. The van der Waals surface area contributed by atoms with Crippen molar-refractivity contribution in [2.45, 2.75) is 6.42 Å². The summed E-state index contributed by atoms with van der Waals surface area (Å²) in [7, 11) is 0. The summed E-state index contributed by atoms with van der Waals surface area (Å²) in [6.07, 6.45) is -0.211. The Morgan fingerprint density at radius 2 is 1.61 bits per heavy atom. The molecule has 0 aliphatic carbocycles. The number of hydrogen-bond donors (Lipinski definition) is 2. The van der Waals surface area contributed by atoms with E-state index in [4.69, 9.17) is 0 Å². The molecule has 3 rings (SSSR count). The minimum Gasteiger partial charge on any atom is -0.309 e. The van der Waals surface area contributed by atoms with E-state index in [1.165, 1.54) is 0 Å². The number of H-pyrrole nitrogens is 1. The number of nitrogens with one attached hydrogen (secondary N) is 2. The molecule has 2 N–H and O–H groups in total. The van der Waals surface area contributed by atoms with Gasteiger partial charge in [-0.25, -0.2) is 0 Å². The van der Waals surface area contributed by atoms with Crippen molar-refractivity contribution in [2.75, 3.05) is 5.32 Å². The number of carbonyl (C=O) groups excluding carboxylic acids is 2. The lowest BCUT2D eigenvalue weighted by atomic mass is 10.1. The van der Waals surface area contributed by atoms with E-state index in [1.54, 1.807) is 30.3 Å². The molecule has 0 saturated heterocycles. The maximum Gasteiger partial charge on any atom is 0.233 e. The third-order valence-corrected chi connectivity index (χ3v) is 3.35. The first-order valence-corrected chi connectivity index (χ1v) is 7.21. The smallest absolute Gasteiger partial charge is 0.233 e. The predicted molar refractivity (Wildman–Crippen MR) is 88.0 cm³/mol. The Bertz CT molecular complexity index is 811. The summed E-state index contributed by atoms with van der Waals surface area (Å²) in [5.41, 5.74) is 2.30. The molecule has 0 fully saturated rings. The number of anilines is 1. The molecule has 114 valence electrons. The normalized spacial score (nSPS) is 10.3. The van der Waals surface area contributed by atoms with Crippen molar-refractivity contribution < 1.29 is 9.59 Å². The number of benzene rings is 2. The van der Waals surface area contributed by atoms with Crippen molar-refractivity contribution in [1.82, 2.24) is 10.2 Å². The van der Waals surface area contributed by atoms with Crippen LogP contribution in [0.4, 0.5) is 5.82 Å². The monoisotopic (exact) mass is 305 g/mol. The van der Waals surface area contributed by atoms with Crippen LogP contribution in [0.25, 0.3) is 11.3 Å². The molecule has 0 spiro atoms. The summed E-state index contributed by atoms with van der Waals surface area (Å²) in [6, 6.07) is 20.1. The number of aromatic amines is 1. The highest BCUT2D eigenvalue weighted by atomic mass is 16.2. The molecule has 0 unspecified atom stereocenters. The third kappa shape index (κ3) is 3.71. The standard InChI is InChI=1S/C18H15N3O2/c22-16(14-9-5-2-6-10-14)12-18(23)19-17-11-15(20-21-17)13-7-3-1-4-8-13/h1-11H,12H2,(H2,19,20,21,23). The van der Waals surface area contributed by atoms with E-state index in [2.05, 4.69) is 15.5 Å². The number of rotatable bonds is 5. The van der Waals surface area contributed by atoms with Crippen LogP contribution < -0.4 is 5.32 Å². The van der Waals surface area contributed by atoms with E-state index in [0.717, 1.165) is 11.3 Å². The van der Waals surface area contributed by atoms with Gasteiger partial charge in [0.2, 0.25) is 5.91 Å². The van der Waals surface area contributed by atoms with Gasteiger partial charge >= 0.3 is 0 Å². The first-order valence-electron chi connectivity index (χ1n) is 7.21. The maximum absolute atomic E-state index is 12.0. The van der Waals surface area contributed by atoms with Crippen LogP contribution in [-0.2, 0) is 4.79 Å². The van der Waals surface area contributed by atoms with Gasteiger partial charge in [0.25, 0.3) is 0 Å². The van der Waals surface area contributed by atoms with E-state index in [1.807, 2.05) is 36.4 Å². The zero-order chi connectivity index (χ0) is 16.1. The topological polar surface area (TPSA) is 74.8 Å². The largest absolute Gasteiger partial charge is 0.309 e. The fourth-order valence-electron chi connectivity index (χ4n) is 2.21. The van der Waals surface area contributed by atoms with Crippen LogP contribution in [0.5, 0.6) is 0 Å². The summed E-state index contributed by atoms with van der Waals surface area (Å²) in [5.74, 6) is -0.207. The van der Waals surface area contributed by atoms with Gasteiger partial charge in [0.15, 0.2) is 11.6 Å². The quantitative estimate of drug-likeness (QED) is 0.561. The minimum atomic E-state index is -0.384. The lowest BCUT2D eigenvalue weighted by Crippen LogP contribution is -2.16. The molecule has 0 aliphatic rings. The second-order valence-electron chi connectivity index (χ2n) is 5.05. The van der Waals surface area contributed by atoms with Gasteiger partial charge in [-0.05, 0) is 5.56 Å². The van der Waals surface area contributed by atoms with Crippen LogP contribution >= 0.6 is 0 Å².